The number of benzene rings is 1. The molecule has 2 bridgehead atoms. The molecule has 0 spiro atoms. The lowest BCUT2D eigenvalue weighted by molar-refractivity contribution is -0.142. The first-order valence-corrected chi connectivity index (χ1v) is 10.4. The van der Waals surface area contributed by atoms with Gasteiger partial charge >= 0.3 is 5.97 Å². The van der Waals surface area contributed by atoms with Crippen LogP contribution in [-0.4, -0.2) is 40.3 Å². The third-order valence-electron chi connectivity index (χ3n) is 6.52. The molecular formula is C23H25N3O4. The lowest BCUT2D eigenvalue weighted by atomic mass is 9.76. The van der Waals surface area contributed by atoms with Crippen molar-refractivity contribution in [1.82, 2.24) is 9.97 Å². The van der Waals surface area contributed by atoms with Gasteiger partial charge in [-0.25, -0.2) is 4.98 Å². The van der Waals surface area contributed by atoms with E-state index < -0.39 is 5.97 Å². The van der Waals surface area contributed by atoms with E-state index >= 15 is 0 Å². The van der Waals surface area contributed by atoms with Gasteiger partial charge < -0.3 is 19.6 Å². The second-order valence-electron chi connectivity index (χ2n) is 8.55. The van der Waals surface area contributed by atoms with Crippen molar-refractivity contribution in [2.24, 2.45) is 11.8 Å². The Morgan fingerprint density at radius 3 is 2.97 bits per heavy atom. The Labute approximate surface area is 174 Å². The molecule has 3 aliphatic rings. The maximum absolute atomic E-state index is 11.5. The lowest BCUT2D eigenvalue weighted by Crippen LogP contribution is -2.43. The van der Waals surface area contributed by atoms with Crippen LogP contribution in [0.1, 0.15) is 31.4 Å². The first-order chi connectivity index (χ1) is 14.6. The van der Waals surface area contributed by atoms with Gasteiger partial charge in [-0.15, -0.1) is 0 Å². The van der Waals surface area contributed by atoms with Crippen molar-refractivity contribution < 1.29 is 19.1 Å². The highest BCUT2D eigenvalue weighted by molar-refractivity contribution is 5.85. The van der Waals surface area contributed by atoms with Crippen molar-refractivity contribution in [2.45, 2.75) is 37.6 Å². The minimum atomic E-state index is -0.689. The predicted octanol–water partition coefficient (Wildman–Crippen LogP) is 4.13. The van der Waals surface area contributed by atoms with Crippen LogP contribution in [0.4, 0.5) is 5.82 Å². The molecule has 2 aromatic heterocycles. The van der Waals surface area contributed by atoms with Crippen LogP contribution in [0.25, 0.3) is 22.2 Å². The molecule has 2 N–H and O–H groups in total. The average Bonchev–Trinajstić information content (AvgIpc) is 3.41. The van der Waals surface area contributed by atoms with Gasteiger partial charge in [-0.3, -0.25) is 9.78 Å². The summed E-state index contributed by atoms with van der Waals surface area (Å²) in [6, 6.07) is 7.91. The molecule has 3 aliphatic carbocycles. The number of anilines is 1. The Bertz CT molecular complexity index is 1090. The molecule has 7 heteroatoms. The highest BCUT2D eigenvalue weighted by atomic mass is 16.5. The normalized spacial score (nSPS) is 24.7. The Balaban J connectivity index is 1.48. The minimum Gasteiger partial charge on any atom is -0.481 e. The quantitative estimate of drug-likeness (QED) is 0.542. The van der Waals surface area contributed by atoms with Gasteiger partial charge in [0.15, 0.2) is 5.82 Å². The number of aryl methyl sites for hydroxylation is 1. The molecule has 6 rings (SSSR count). The molecule has 0 aliphatic heterocycles. The third kappa shape index (κ3) is 3.33. The molecule has 156 valence electrons. The summed E-state index contributed by atoms with van der Waals surface area (Å²) in [4.78, 5) is 21.2. The number of aliphatic carboxylic acids is 1. The third-order valence-corrected chi connectivity index (χ3v) is 6.52. The van der Waals surface area contributed by atoms with Gasteiger partial charge in [-0.2, -0.15) is 0 Å². The maximum atomic E-state index is 11.5. The van der Waals surface area contributed by atoms with Crippen LogP contribution < -0.4 is 5.32 Å². The van der Waals surface area contributed by atoms with E-state index in [4.69, 9.17) is 19.1 Å². The number of hydrogen-bond acceptors (Lipinski definition) is 6. The number of rotatable bonds is 8. The van der Waals surface area contributed by atoms with Gasteiger partial charge in [-0.05, 0) is 62.3 Å². The summed E-state index contributed by atoms with van der Waals surface area (Å²) in [5, 5.41) is 14.1. The van der Waals surface area contributed by atoms with E-state index in [0.717, 1.165) is 59.4 Å². The Morgan fingerprint density at radius 1 is 1.33 bits per heavy atom. The zero-order valence-electron chi connectivity index (χ0n) is 16.9. The molecular weight excluding hydrogens is 382 g/mol. The number of fused-ring (bicyclic) bond motifs is 2. The van der Waals surface area contributed by atoms with Crippen LogP contribution >= 0.6 is 0 Å². The van der Waals surface area contributed by atoms with E-state index in [1.54, 1.807) is 13.4 Å². The molecule has 30 heavy (non-hydrogen) atoms. The van der Waals surface area contributed by atoms with E-state index in [-0.39, 0.29) is 17.4 Å². The van der Waals surface area contributed by atoms with E-state index in [9.17, 15) is 9.90 Å². The highest BCUT2D eigenvalue weighted by Crippen LogP contribution is 2.57. The molecule has 1 atom stereocenters. The Morgan fingerprint density at radius 2 is 2.20 bits per heavy atom. The number of carbonyl (C=O) groups is 1. The number of carboxylic acids is 1. The Kier molecular flexibility index (Phi) is 4.70. The topological polar surface area (TPSA) is 97.5 Å². The largest absolute Gasteiger partial charge is 0.481 e. The first kappa shape index (κ1) is 19.1. The molecule has 3 aromatic rings. The number of nitrogens with zero attached hydrogens (tertiary/aromatic N) is 2. The van der Waals surface area contributed by atoms with Crippen LogP contribution in [0.5, 0.6) is 0 Å². The molecule has 0 saturated heterocycles. The monoisotopic (exact) mass is 407 g/mol. The minimum absolute atomic E-state index is 0.192. The Hall–Kier alpha value is -2.93. The number of nitrogens with one attached hydrogen (secondary N) is 1. The predicted molar refractivity (Wildman–Crippen MR) is 112 cm³/mol. The average molecular weight is 407 g/mol. The van der Waals surface area contributed by atoms with E-state index in [0.29, 0.717) is 13.0 Å². The summed E-state index contributed by atoms with van der Waals surface area (Å²) in [5.74, 6) is 0.0445. The summed E-state index contributed by atoms with van der Waals surface area (Å²) in [5.41, 5.74) is 3.29. The summed E-state index contributed by atoms with van der Waals surface area (Å²) in [6.45, 7) is 0.676. The molecule has 0 unspecified atom stereocenters. The number of aromatic nitrogens is 2. The van der Waals surface area contributed by atoms with Gasteiger partial charge in [0.1, 0.15) is 11.3 Å². The molecule has 3 fully saturated rings. The SMILES string of the molecule is COCCCc1cnc(-c2ccc3occc3c2)c(NC23CC(C2)[C@@H](C(=O)O)C3)n1. The molecule has 2 heterocycles. The zero-order valence-corrected chi connectivity index (χ0v) is 16.9. The summed E-state index contributed by atoms with van der Waals surface area (Å²) in [7, 11) is 1.69. The fraction of sp³-hybridized carbons (Fsp3) is 0.435. The number of ether oxygens (including phenoxy) is 1. The summed E-state index contributed by atoms with van der Waals surface area (Å²) in [6.07, 6.45) is 7.55. The maximum Gasteiger partial charge on any atom is 0.306 e. The van der Waals surface area contributed by atoms with Crippen LogP contribution in [0.2, 0.25) is 0 Å². The molecule has 7 nitrogen and oxygen atoms in total. The number of hydrogen-bond donors (Lipinski definition) is 2. The van der Waals surface area contributed by atoms with Crippen molar-refractivity contribution >= 4 is 22.8 Å². The summed E-state index contributed by atoms with van der Waals surface area (Å²) >= 11 is 0. The van der Waals surface area contributed by atoms with Crippen molar-refractivity contribution in [2.75, 3.05) is 19.0 Å². The van der Waals surface area contributed by atoms with Crippen molar-refractivity contribution in [3.8, 4) is 11.3 Å². The highest BCUT2D eigenvalue weighted by Gasteiger charge is 2.58. The van der Waals surface area contributed by atoms with Gasteiger partial charge in [0, 0.05) is 36.4 Å². The van der Waals surface area contributed by atoms with Gasteiger partial charge in [0.05, 0.1) is 17.9 Å². The van der Waals surface area contributed by atoms with E-state index in [1.165, 1.54) is 0 Å². The first-order valence-electron chi connectivity index (χ1n) is 10.4. The second kappa shape index (κ2) is 7.40. The van der Waals surface area contributed by atoms with Crippen molar-refractivity contribution in [3.05, 3.63) is 42.4 Å². The smallest absolute Gasteiger partial charge is 0.306 e. The van der Waals surface area contributed by atoms with Gasteiger partial charge in [0.2, 0.25) is 0 Å². The van der Waals surface area contributed by atoms with Gasteiger partial charge in [0.25, 0.3) is 0 Å². The van der Waals surface area contributed by atoms with E-state index in [1.807, 2.05) is 24.4 Å². The number of furan rings is 1. The molecule has 0 radical (unpaired) electrons. The molecule has 1 aromatic carbocycles. The van der Waals surface area contributed by atoms with Crippen LogP contribution in [0.3, 0.4) is 0 Å². The van der Waals surface area contributed by atoms with Crippen LogP contribution in [0.15, 0.2) is 41.1 Å². The van der Waals surface area contributed by atoms with E-state index in [2.05, 4.69) is 11.4 Å². The second-order valence-corrected chi connectivity index (χ2v) is 8.55. The molecule has 3 saturated carbocycles. The fourth-order valence-electron chi connectivity index (χ4n) is 5.03. The zero-order chi connectivity index (χ0) is 20.7. The van der Waals surface area contributed by atoms with Crippen molar-refractivity contribution in [1.29, 1.82) is 0 Å². The number of carboxylic acid groups (broad SMARTS) is 1. The lowest BCUT2D eigenvalue weighted by Gasteiger charge is -2.40. The number of methoxy groups -OCH3 is 1. The van der Waals surface area contributed by atoms with Crippen LogP contribution in [0, 0.1) is 11.8 Å². The van der Waals surface area contributed by atoms with Crippen molar-refractivity contribution in [3.63, 3.8) is 0 Å². The molecule has 0 amide bonds. The standard InChI is InChI=1S/C23H25N3O4/c1-29-7-2-3-17-13-24-20(15-4-5-19-14(9-15)6-8-30-19)21(25-17)26-23-10-16(11-23)18(12-23)22(27)28/h4-6,8-9,13,16,18H,2-3,7,10-12H2,1H3,(H,25,26)(H,27,28)/t16?,18-,23?/m0/s1. The van der Waals surface area contributed by atoms with Crippen LogP contribution in [-0.2, 0) is 16.0 Å². The fourth-order valence-corrected chi connectivity index (χ4v) is 5.03. The summed E-state index contributed by atoms with van der Waals surface area (Å²) < 4.78 is 10.6. The van der Waals surface area contributed by atoms with Gasteiger partial charge in [-0.1, -0.05) is 0 Å².